The second-order valence-electron chi connectivity index (χ2n) is 5.85. The van der Waals surface area contributed by atoms with Gasteiger partial charge in [-0.2, -0.15) is 5.10 Å². The Morgan fingerprint density at radius 1 is 1.41 bits per heavy atom. The van der Waals surface area contributed by atoms with Crippen molar-refractivity contribution < 1.29 is 4.74 Å². The van der Waals surface area contributed by atoms with E-state index >= 15 is 0 Å². The molecule has 1 aromatic heterocycles. The molecule has 0 radical (unpaired) electrons. The maximum atomic E-state index is 5.62. The van der Waals surface area contributed by atoms with Crippen LogP contribution in [0.25, 0.3) is 0 Å². The molecule has 0 bridgehead atoms. The molecule has 2 rings (SSSR count). The van der Waals surface area contributed by atoms with E-state index in [0.717, 1.165) is 50.7 Å². The van der Waals surface area contributed by atoms with Gasteiger partial charge in [-0.3, -0.25) is 9.67 Å². The summed E-state index contributed by atoms with van der Waals surface area (Å²) in [7, 11) is 1.81. The topological polar surface area (TPSA) is 63.5 Å². The van der Waals surface area contributed by atoms with Gasteiger partial charge in [0.15, 0.2) is 5.96 Å². The molecule has 1 saturated heterocycles. The quantitative estimate of drug-likeness (QED) is 0.456. The molecule has 0 aliphatic carbocycles. The number of aliphatic imine (C=N–C) groups is 1. The first kappa shape index (κ1) is 16.8. The van der Waals surface area contributed by atoms with Crippen LogP contribution in [0, 0.1) is 13.8 Å². The molecular weight excluding hydrogens is 278 g/mol. The molecule has 1 atom stereocenters. The Morgan fingerprint density at radius 2 is 2.23 bits per heavy atom. The maximum absolute atomic E-state index is 5.62. The summed E-state index contributed by atoms with van der Waals surface area (Å²) in [5.74, 6) is 0.867. The zero-order chi connectivity index (χ0) is 15.8. The number of rotatable bonds is 7. The van der Waals surface area contributed by atoms with Crippen LogP contribution in [0.3, 0.4) is 0 Å². The minimum absolute atomic E-state index is 0.427. The van der Waals surface area contributed by atoms with Gasteiger partial charge < -0.3 is 15.4 Å². The van der Waals surface area contributed by atoms with Crippen molar-refractivity contribution >= 4 is 5.96 Å². The average molecular weight is 307 g/mol. The van der Waals surface area contributed by atoms with E-state index < -0.39 is 0 Å². The third-order valence-corrected chi connectivity index (χ3v) is 3.95. The highest BCUT2D eigenvalue weighted by atomic mass is 16.5. The fourth-order valence-corrected chi connectivity index (χ4v) is 2.78. The smallest absolute Gasteiger partial charge is 0.190 e. The summed E-state index contributed by atoms with van der Waals surface area (Å²) in [6.45, 7) is 7.77. The molecule has 1 aliphatic heterocycles. The molecule has 2 N–H and O–H groups in total. The number of hydrogen-bond acceptors (Lipinski definition) is 3. The van der Waals surface area contributed by atoms with Crippen molar-refractivity contribution in [1.29, 1.82) is 0 Å². The van der Waals surface area contributed by atoms with Gasteiger partial charge in [0.05, 0.1) is 11.8 Å². The van der Waals surface area contributed by atoms with Gasteiger partial charge in [0.2, 0.25) is 0 Å². The predicted octanol–water partition coefficient (Wildman–Crippen LogP) is 1.62. The van der Waals surface area contributed by atoms with Crippen LogP contribution in [0.2, 0.25) is 0 Å². The molecule has 2 heterocycles. The number of aryl methyl sites for hydroxylation is 3. The first-order valence-electron chi connectivity index (χ1n) is 8.26. The van der Waals surface area contributed by atoms with Crippen molar-refractivity contribution in [3.05, 3.63) is 17.5 Å². The lowest BCUT2D eigenvalue weighted by molar-refractivity contribution is 0.105. The fourth-order valence-electron chi connectivity index (χ4n) is 2.78. The number of aromatic nitrogens is 2. The Labute approximate surface area is 133 Å². The van der Waals surface area contributed by atoms with Gasteiger partial charge in [-0.1, -0.05) is 0 Å². The SMILES string of the molecule is CN=C(NCCCn1nc(C)cc1C)NCCC1CCCO1. The molecule has 1 aliphatic rings. The predicted molar refractivity (Wildman–Crippen MR) is 89.3 cm³/mol. The zero-order valence-electron chi connectivity index (χ0n) is 14.1. The number of hydrogen-bond donors (Lipinski definition) is 2. The third kappa shape index (κ3) is 5.33. The minimum atomic E-state index is 0.427. The van der Waals surface area contributed by atoms with Crippen LogP contribution in [0.1, 0.15) is 37.1 Å². The van der Waals surface area contributed by atoms with E-state index in [4.69, 9.17) is 4.74 Å². The first-order valence-corrected chi connectivity index (χ1v) is 8.26. The standard InChI is InChI=1S/C16H29N5O/c1-13-12-14(2)21(20-13)10-5-8-18-16(17-3)19-9-7-15-6-4-11-22-15/h12,15H,4-11H2,1-3H3,(H2,17,18,19). The van der Waals surface area contributed by atoms with E-state index in [1.54, 1.807) is 0 Å². The summed E-state index contributed by atoms with van der Waals surface area (Å²) < 4.78 is 7.68. The van der Waals surface area contributed by atoms with Gasteiger partial charge in [0.25, 0.3) is 0 Å². The molecular formula is C16H29N5O. The van der Waals surface area contributed by atoms with Crippen LogP contribution in [0.5, 0.6) is 0 Å². The molecule has 1 unspecified atom stereocenters. The molecule has 1 aromatic rings. The molecule has 0 amide bonds. The lowest BCUT2D eigenvalue weighted by Crippen LogP contribution is -2.39. The Hall–Kier alpha value is -1.56. The molecule has 6 heteroatoms. The van der Waals surface area contributed by atoms with Crippen molar-refractivity contribution in [3.63, 3.8) is 0 Å². The van der Waals surface area contributed by atoms with Gasteiger partial charge in [0.1, 0.15) is 0 Å². The Kier molecular flexibility index (Phi) is 6.71. The lowest BCUT2D eigenvalue weighted by Gasteiger charge is -2.14. The van der Waals surface area contributed by atoms with Crippen LogP contribution < -0.4 is 10.6 Å². The zero-order valence-corrected chi connectivity index (χ0v) is 14.1. The van der Waals surface area contributed by atoms with Crippen molar-refractivity contribution in [3.8, 4) is 0 Å². The second kappa shape index (κ2) is 8.78. The van der Waals surface area contributed by atoms with Crippen LogP contribution in [-0.2, 0) is 11.3 Å². The number of nitrogens with zero attached hydrogens (tertiary/aromatic N) is 3. The van der Waals surface area contributed by atoms with E-state index in [9.17, 15) is 0 Å². The van der Waals surface area contributed by atoms with Gasteiger partial charge in [-0.15, -0.1) is 0 Å². The Balaban J connectivity index is 1.58. The highest BCUT2D eigenvalue weighted by Gasteiger charge is 2.14. The van der Waals surface area contributed by atoms with Crippen LogP contribution in [-0.4, -0.2) is 48.6 Å². The van der Waals surface area contributed by atoms with Crippen molar-refractivity contribution in [2.45, 2.75) is 52.2 Å². The molecule has 6 nitrogen and oxygen atoms in total. The highest BCUT2D eigenvalue weighted by Crippen LogP contribution is 2.14. The molecule has 0 saturated carbocycles. The number of ether oxygens (including phenoxy) is 1. The van der Waals surface area contributed by atoms with E-state index in [1.165, 1.54) is 18.5 Å². The van der Waals surface area contributed by atoms with Crippen molar-refractivity contribution in [2.75, 3.05) is 26.7 Å². The Bertz CT molecular complexity index is 477. The van der Waals surface area contributed by atoms with E-state index in [0.29, 0.717) is 6.10 Å². The minimum Gasteiger partial charge on any atom is -0.378 e. The fraction of sp³-hybridized carbons (Fsp3) is 0.750. The summed E-state index contributed by atoms with van der Waals surface area (Å²) in [6.07, 6.45) is 4.89. The average Bonchev–Trinajstić information content (AvgIpc) is 3.11. The van der Waals surface area contributed by atoms with Crippen molar-refractivity contribution in [2.24, 2.45) is 4.99 Å². The highest BCUT2D eigenvalue weighted by molar-refractivity contribution is 5.79. The molecule has 0 spiro atoms. The molecule has 124 valence electrons. The summed E-state index contributed by atoms with van der Waals surface area (Å²) in [6, 6.07) is 2.11. The Morgan fingerprint density at radius 3 is 2.86 bits per heavy atom. The van der Waals surface area contributed by atoms with Crippen LogP contribution in [0.4, 0.5) is 0 Å². The normalized spacial score (nSPS) is 18.7. The summed E-state index contributed by atoms with van der Waals surface area (Å²) in [5.41, 5.74) is 2.30. The maximum Gasteiger partial charge on any atom is 0.190 e. The van der Waals surface area contributed by atoms with E-state index in [1.807, 2.05) is 14.0 Å². The van der Waals surface area contributed by atoms with E-state index in [2.05, 4.69) is 38.4 Å². The number of guanidine groups is 1. The van der Waals surface area contributed by atoms with Gasteiger partial charge in [-0.05, 0) is 45.6 Å². The summed E-state index contributed by atoms with van der Waals surface area (Å²) in [5, 5.41) is 11.2. The molecule has 22 heavy (non-hydrogen) atoms. The first-order chi connectivity index (χ1) is 10.7. The second-order valence-corrected chi connectivity index (χ2v) is 5.85. The summed E-state index contributed by atoms with van der Waals surface area (Å²) >= 11 is 0. The third-order valence-electron chi connectivity index (χ3n) is 3.95. The largest absolute Gasteiger partial charge is 0.378 e. The monoisotopic (exact) mass is 307 g/mol. The molecule has 0 aromatic carbocycles. The van der Waals surface area contributed by atoms with Gasteiger partial charge in [-0.25, -0.2) is 0 Å². The van der Waals surface area contributed by atoms with E-state index in [-0.39, 0.29) is 0 Å². The number of nitrogens with one attached hydrogen (secondary N) is 2. The summed E-state index contributed by atoms with van der Waals surface area (Å²) in [4.78, 5) is 4.25. The van der Waals surface area contributed by atoms with Crippen molar-refractivity contribution in [1.82, 2.24) is 20.4 Å². The van der Waals surface area contributed by atoms with Crippen LogP contribution >= 0.6 is 0 Å². The van der Waals surface area contributed by atoms with Gasteiger partial charge in [0, 0.05) is 39.0 Å². The lowest BCUT2D eigenvalue weighted by atomic mass is 10.2. The van der Waals surface area contributed by atoms with Crippen LogP contribution in [0.15, 0.2) is 11.1 Å². The van der Waals surface area contributed by atoms with Gasteiger partial charge >= 0.3 is 0 Å². The molecule has 1 fully saturated rings.